The van der Waals surface area contributed by atoms with Crippen LogP contribution in [0.1, 0.15) is 64.1 Å². The number of hydrogen-bond acceptors (Lipinski definition) is 6. The van der Waals surface area contributed by atoms with Gasteiger partial charge in [0.05, 0.1) is 30.1 Å². The molecule has 6 rings (SSSR count). The van der Waals surface area contributed by atoms with E-state index in [4.69, 9.17) is 9.15 Å². The summed E-state index contributed by atoms with van der Waals surface area (Å²) in [5.74, 6) is 0.759. The van der Waals surface area contributed by atoms with Crippen molar-refractivity contribution < 1.29 is 27.2 Å². The SMILES string of the molecule is CCC(=O)c1c(-c2ccc(C)cc2)oc2cc(N(C)S(C)(=O)=O)c([C@H]3CCCN(C(=O)c4cc5cccc(OC)c5[nH]4)C3)cc12. The molecule has 1 fully saturated rings. The van der Waals surface area contributed by atoms with Crippen molar-refractivity contribution in [1.29, 1.82) is 0 Å². The fourth-order valence-corrected chi connectivity index (χ4v) is 6.80. The summed E-state index contributed by atoms with van der Waals surface area (Å²) in [4.78, 5) is 32.2. The van der Waals surface area contributed by atoms with Crippen molar-refractivity contribution in [3.63, 3.8) is 0 Å². The molecule has 0 radical (unpaired) electrons. The number of furan rings is 1. The number of amides is 1. The molecular formula is C35H37N3O6S. The van der Waals surface area contributed by atoms with Crippen LogP contribution in [0.5, 0.6) is 5.75 Å². The summed E-state index contributed by atoms with van der Waals surface area (Å²) in [6.45, 7) is 4.77. The molecule has 1 N–H and O–H groups in total. The second-order valence-electron chi connectivity index (χ2n) is 11.8. The van der Waals surface area contributed by atoms with E-state index in [1.165, 1.54) is 11.4 Å². The van der Waals surface area contributed by atoms with Crippen LogP contribution in [-0.2, 0) is 10.0 Å². The first-order valence-corrected chi connectivity index (χ1v) is 16.9. The Labute approximate surface area is 262 Å². The number of H-pyrrole nitrogens is 1. The lowest BCUT2D eigenvalue weighted by Crippen LogP contribution is -2.39. The fourth-order valence-electron chi connectivity index (χ4n) is 6.29. The lowest BCUT2D eigenvalue weighted by molar-refractivity contribution is 0.0702. The third kappa shape index (κ3) is 5.59. The third-order valence-corrected chi connectivity index (χ3v) is 10.00. The monoisotopic (exact) mass is 627 g/mol. The first kappa shape index (κ1) is 30.5. The Morgan fingerprint density at radius 2 is 1.87 bits per heavy atom. The van der Waals surface area contributed by atoms with Gasteiger partial charge < -0.3 is 19.0 Å². The first-order chi connectivity index (χ1) is 21.5. The van der Waals surface area contributed by atoms with Crippen LogP contribution in [0.4, 0.5) is 5.69 Å². The second kappa shape index (κ2) is 11.7. The number of Topliss-reactive ketones (excluding diaryl/α,β-unsaturated/α-hetero) is 1. The topological polar surface area (TPSA) is 113 Å². The van der Waals surface area contributed by atoms with Crippen LogP contribution in [0.25, 0.3) is 33.2 Å². The van der Waals surface area contributed by atoms with Crippen molar-refractivity contribution in [2.75, 3.05) is 37.8 Å². The van der Waals surface area contributed by atoms with Gasteiger partial charge in [-0.15, -0.1) is 0 Å². The van der Waals surface area contributed by atoms with Crippen LogP contribution >= 0.6 is 0 Å². The van der Waals surface area contributed by atoms with Crippen LogP contribution in [0.2, 0.25) is 0 Å². The zero-order chi connectivity index (χ0) is 32.0. The van der Waals surface area contributed by atoms with E-state index in [0.29, 0.717) is 52.5 Å². The van der Waals surface area contributed by atoms with Gasteiger partial charge in [0.2, 0.25) is 10.0 Å². The number of anilines is 1. The number of nitrogens with zero attached hydrogens (tertiary/aromatic N) is 2. The quantitative estimate of drug-likeness (QED) is 0.187. The smallest absolute Gasteiger partial charge is 0.270 e. The molecule has 1 aliphatic heterocycles. The molecular weight excluding hydrogens is 590 g/mol. The van der Waals surface area contributed by atoms with Gasteiger partial charge in [-0.05, 0) is 43.5 Å². The van der Waals surface area contributed by atoms with E-state index in [0.717, 1.165) is 46.7 Å². The molecule has 0 unspecified atom stereocenters. The zero-order valence-electron chi connectivity index (χ0n) is 26.1. The molecule has 1 amide bonds. The number of ketones is 1. The van der Waals surface area contributed by atoms with Crippen LogP contribution < -0.4 is 9.04 Å². The zero-order valence-corrected chi connectivity index (χ0v) is 27.0. The number of benzene rings is 3. The van der Waals surface area contributed by atoms with Gasteiger partial charge in [-0.1, -0.05) is 48.9 Å². The van der Waals surface area contributed by atoms with Gasteiger partial charge >= 0.3 is 0 Å². The minimum absolute atomic E-state index is 0.0609. The van der Waals surface area contributed by atoms with Crippen LogP contribution in [0, 0.1) is 6.92 Å². The van der Waals surface area contributed by atoms with Crippen molar-refractivity contribution in [1.82, 2.24) is 9.88 Å². The Balaban J connectivity index is 1.45. The molecule has 0 spiro atoms. The third-order valence-electron chi connectivity index (χ3n) is 8.80. The molecule has 5 aromatic rings. The van der Waals surface area contributed by atoms with Gasteiger partial charge in [0.15, 0.2) is 5.78 Å². The maximum atomic E-state index is 13.8. The standard InChI is InChI=1S/C35H37N3O6S/c1-6-29(39)32-26-18-25(28(37(3)45(5,41)42)19-31(26)44-34(32)22-14-12-21(2)13-15-22)24-10-8-16-38(20-24)35(40)27-17-23-9-7-11-30(43-4)33(23)36-27/h7,9,11-15,17-19,24,36H,6,8,10,16,20H2,1-5H3/t24-/m0/s1. The lowest BCUT2D eigenvalue weighted by atomic mass is 9.87. The number of ether oxygens (including phenoxy) is 1. The molecule has 3 aromatic carbocycles. The van der Waals surface area contributed by atoms with Gasteiger partial charge in [0, 0.05) is 54.9 Å². The molecule has 9 nitrogen and oxygen atoms in total. The summed E-state index contributed by atoms with van der Waals surface area (Å²) in [5.41, 5.74) is 5.24. The molecule has 1 saturated heterocycles. The highest BCUT2D eigenvalue weighted by molar-refractivity contribution is 7.92. The van der Waals surface area contributed by atoms with E-state index in [2.05, 4.69) is 4.98 Å². The Hall–Kier alpha value is -4.57. The molecule has 0 bridgehead atoms. The molecule has 0 aliphatic carbocycles. The van der Waals surface area contributed by atoms with Gasteiger partial charge in [-0.2, -0.15) is 0 Å². The number of carbonyl (C=O) groups is 2. The second-order valence-corrected chi connectivity index (χ2v) is 13.8. The highest BCUT2D eigenvalue weighted by Crippen LogP contribution is 2.42. The summed E-state index contributed by atoms with van der Waals surface area (Å²) in [6, 6.07) is 18.9. The van der Waals surface area contributed by atoms with Gasteiger partial charge in [0.1, 0.15) is 22.8 Å². The summed E-state index contributed by atoms with van der Waals surface area (Å²) < 4.78 is 38.7. The van der Waals surface area contributed by atoms with Gasteiger partial charge in [-0.3, -0.25) is 13.9 Å². The largest absolute Gasteiger partial charge is 0.495 e. The molecule has 10 heteroatoms. The van der Waals surface area contributed by atoms with E-state index in [1.54, 1.807) is 13.2 Å². The van der Waals surface area contributed by atoms with E-state index in [1.807, 2.05) is 73.3 Å². The molecule has 1 aliphatic rings. The fraction of sp³-hybridized carbons (Fsp3) is 0.314. The number of nitrogens with one attached hydrogen (secondary N) is 1. The van der Waals surface area contributed by atoms with Crippen LogP contribution in [0.3, 0.4) is 0 Å². The summed E-state index contributed by atoms with van der Waals surface area (Å²) >= 11 is 0. The average molecular weight is 628 g/mol. The normalized spacial score (nSPS) is 15.5. The number of carbonyl (C=O) groups excluding carboxylic acids is 2. The number of fused-ring (bicyclic) bond motifs is 2. The number of methoxy groups -OCH3 is 1. The summed E-state index contributed by atoms with van der Waals surface area (Å²) in [5, 5.41) is 1.52. The van der Waals surface area contributed by atoms with Crippen molar-refractivity contribution in [3.05, 3.63) is 83.0 Å². The van der Waals surface area contributed by atoms with Crippen molar-refractivity contribution in [3.8, 4) is 17.1 Å². The number of rotatable bonds is 8. The number of aryl methyl sites for hydroxylation is 1. The predicted molar refractivity (Wildman–Crippen MR) is 177 cm³/mol. The maximum absolute atomic E-state index is 13.8. The number of sulfonamides is 1. The van der Waals surface area contributed by atoms with Crippen LogP contribution in [0.15, 0.2) is 65.1 Å². The minimum atomic E-state index is -3.63. The lowest BCUT2D eigenvalue weighted by Gasteiger charge is -2.34. The number of piperidine rings is 1. The molecule has 45 heavy (non-hydrogen) atoms. The van der Waals surface area contributed by atoms with E-state index in [-0.39, 0.29) is 24.0 Å². The van der Waals surface area contributed by atoms with E-state index >= 15 is 0 Å². The predicted octanol–water partition coefficient (Wildman–Crippen LogP) is 6.91. The van der Waals surface area contributed by atoms with Crippen molar-refractivity contribution in [2.45, 2.75) is 39.0 Å². The Kier molecular flexibility index (Phi) is 7.95. The maximum Gasteiger partial charge on any atom is 0.270 e. The van der Waals surface area contributed by atoms with Gasteiger partial charge in [0.25, 0.3) is 5.91 Å². The number of aromatic amines is 1. The van der Waals surface area contributed by atoms with Crippen molar-refractivity contribution >= 4 is 49.3 Å². The Morgan fingerprint density at radius 3 is 2.56 bits per heavy atom. The highest BCUT2D eigenvalue weighted by atomic mass is 32.2. The number of para-hydroxylation sites is 1. The number of likely N-dealkylation sites (tertiary alicyclic amines) is 1. The Bertz CT molecular complexity index is 2040. The molecule has 2 aromatic heterocycles. The summed E-state index contributed by atoms with van der Waals surface area (Å²) in [7, 11) is -0.520. The Morgan fingerprint density at radius 1 is 1.11 bits per heavy atom. The number of hydrogen-bond donors (Lipinski definition) is 1. The molecule has 3 heterocycles. The van der Waals surface area contributed by atoms with E-state index in [9.17, 15) is 18.0 Å². The molecule has 1 atom stereocenters. The first-order valence-electron chi connectivity index (χ1n) is 15.1. The minimum Gasteiger partial charge on any atom is -0.495 e. The molecule has 0 saturated carbocycles. The highest BCUT2D eigenvalue weighted by Gasteiger charge is 2.32. The average Bonchev–Trinajstić information content (AvgIpc) is 3.65. The van der Waals surface area contributed by atoms with Crippen molar-refractivity contribution in [2.24, 2.45) is 0 Å². The summed E-state index contributed by atoms with van der Waals surface area (Å²) in [6.07, 6.45) is 2.93. The van der Waals surface area contributed by atoms with E-state index < -0.39 is 10.0 Å². The number of aromatic nitrogens is 1. The molecule has 234 valence electrons. The van der Waals surface area contributed by atoms with Crippen LogP contribution in [-0.4, -0.2) is 63.5 Å². The van der Waals surface area contributed by atoms with Gasteiger partial charge in [-0.25, -0.2) is 8.42 Å².